The van der Waals surface area contributed by atoms with Gasteiger partial charge >= 0.3 is 0 Å². The number of hydrogen-bond acceptors (Lipinski definition) is 4. The maximum atomic E-state index is 12.0. The van der Waals surface area contributed by atoms with Crippen molar-refractivity contribution in [3.63, 3.8) is 0 Å². The summed E-state index contributed by atoms with van der Waals surface area (Å²) in [5.41, 5.74) is 3.02. The average molecular weight is 382 g/mol. The zero-order chi connectivity index (χ0) is 19.1. The van der Waals surface area contributed by atoms with Crippen LogP contribution < -0.4 is 15.4 Å². The first kappa shape index (κ1) is 18.7. The molecule has 0 unspecified atom stereocenters. The van der Waals surface area contributed by atoms with Crippen LogP contribution in [0.25, 0.3) is 0 Å². The Labute approximate surface area is 163 Å². The Kier molecular flexibility index (Phi) is 6.28. The minimum atomic E-state index is -0.257. The SMILES string of the molecule is Cc1ccc(CNc2ccc(NC(=O)COc3ccc(Cl)cc3)cn2)cc1. The second-order valence-corrected chi connectivity index (χ2v) is 6.50. The van der Waals surface area contributed by atoms with Crippen LogP contribution in [0.2, 0.25) is 5.02 Å². The van der Waals surface area contributed by atoms with Crippen LogP contribution >= 0.6 is 11.6 Å². The normalized spacial score (nSPS) is 10.3. The predicted molar refractivity (Wildman–Crippen MR) is 108 cm³/mol. The molecule has 0 aliphatic carbocycles. The molecule has 1 aromatic heterocycles. The lowest BCUT2D eigenvalue weighted by molar-refractivity contribution is -0.118. The number of pyridine rings is 1. The third-order valence-corrected chi connectivity index (χ3v) is 4.08. The maximum absolute atomic E-state index is 12.0. The topological polar surface area (TPSA) is 63.2 Å². The Hall–Kier alpha value is -3.05. The minimum Gasteiger partial charge on any atom is -0.484 e. The fourth-order valence-corrected chi connectivity index (χ4v) is 2.47. The molecule has 0 saturated heterocycles. The number of nitrogens with zero attached hydrogens (tertiary/aromatic N) is 1. The molecule has 0 saturated carbocycles. The molecule has 0 bridgehead atoms. The monoisotopic (exact) mass is 381 g/mol. The molecule has 138 valence electrons. The van der Waals surface area contributed by atoms with Gasteiger partial charge in [0.1, 0.15) is 11.6 Å². The first-order chi connectivity index (χ1) is 13.1. The zero-order valence-corrected chi connectivity index (χ0v) is 15.7. The van der Waals surface area contributed by atoms with Gasteiger partial charge in [-0.2, -0.15) is 0 Å². The van der Waals surface area contributed by atoms with E-state index in [0.29, 0.717) is 23.0 Å². The van der Waals surface area contributed by atoms with Crippen molar-refractivity contribution in [2.75, 3.05) is 17.2 Å². The molecule has 0 atom stereocenters. The van der Waals surface area contributed by atoms with Crippen molar-refractivity contribution in [1.29, 1.82) is 0 Å². The lowest BCUT2D eigenvalue weighted by atomic mass is 10.1. The van der Waals surface area contributed by atoms with Crippen LogP contribution in [0.3, 0.4) is 0 Å². The molecule has 3 aromatic rings. The average Bonchev–Trinajstić information content (AvgIpc) is 2.68. The highest BCUT2D eigenvalue weighted by Crippen LogP contribution is 2.16. The number of ether oxygens (including phenoxy) is 1. The standard InChI is InChI=1S/C21H20ClN3O2/c1-15-2-4-16(5-3-15)12-23-20-11-8-18(13-24-20)25-21(26)14-27-19-9-6-17(22)7-10-19/h2-11,13H,12,14H2,1H3,(H,23,24)(H,25,26). The van der Waals surface area contributed by atoms with Gasteiger partial charge in [-0.25, -0.2) is 4.98 Å². The molecule has 27 heavy (non-hydrogen) atoms. The molecule has 0 spiro atoms. The number of aromatic nitrogens is 1. The number of carbonyl (C=O) groups is 1. The van der Waals surface area contributed by atoms with Gasteiger partial charge in [-0.1, -0.05) is 41.4 Å². The van der Waals surface area contributed by atoms with Crippen LogP contribution in [0.15, 0.2) is 66.9 Å². The first-order valence-electron chi connectivity index (χ1n) is 8.52. The van der Waals surface area contributed by atoms with Crippen LogP contribution in [0.1, 0.15) is 11.1 Å². The second-order valence-electron chi connectivity index (χ2n) is 6.06. The number of rotatable bonds is 7. The summed E-state index contributed by atoms with van der Waals surface area (Å²) in [6, 6.07) is 18.8. The van der Waals surface area contributed by atoms with Gasteiger partial charge in [-0.05, 0) is 48.9 Å². The van der Waals surface area contributed by atoms with Crippen molar-refractivity contribution in [3.8, 4) is 5.75 Å². The number of hydrogen-bond donors (Lipinski definition) is 2. The molecule has 1 amide bonds. The van der Waals surface area contributed by atoms with Crippen molar-refractivity contribution in [2.24, 2.45) is 0 Å². The van der Waals surface area contributed by atoms with Gasteiger partial charge in [-0.3, -0.25) is 4.79 Å². The molecule has 0 aliphatic rings. The molecular formula is C21H20ClN3O2. The summed E-state index contributed by atoms with van der Waals surface area (Å²) in [5, 5.41) is 6.62. The van der Waals surface area contributed by atoms with Crippen LogP contribution in [-0.4, -0.2) is 17.5 Å². The number of benzene rings is 2. The summed E-state index contributed by atoms with van der Waals surface area (Å²) in [5.74, 6) is 1.07. The highest BCUT2D eigenvalue weighted by molar-refractivity contribution is 6.30. The van der Waals surface area contributed by atoms with E-state index in [1.165, 1.54) is 11.1 Å². The molecule has 3 rings (SSSR count). The molecule has 2 N–H and O–H groups in total. The van der Waals surface area contributed by atoms with Gasteiger partial charge in [0.15, 0.2) is 6.61 Å². The molecule has 0 aliphatic heterocycles. The fourth-order valence-electron chi connectivity index (χ4n) is 2.35. The van der Waals surface area contributed by atoms with Crippen molar-refractivity contribution in [1.82, 2.24) is 4.98 Å². The van der Waals surface area contributed by atoms with Gasteiger partial charge < -0.3 is 15.4 Å². The molecular weight excluding hydrogens is 362 g/mol. The number of halogens is 1. The molecule has 2 aromatic carbocycles. The first-order valence-corrected chi connectivity index (χ1v) is 8.90. The van der Waals surface area contributed by atoms with Crippen LogP contribution in [-0.2, 0) is 11.3 Å². The van der Waals surface area contributed by atoms with Crippen LogP contribution in [0.4, 0.5) is 11.5 Å². The van der Waals surface area contributed by atoms with Crippen molar-refractivity contribution >= 4 is 29.0 Å². The molecule has 5 nitrogen and oxygen atoms in total. The third kappa shape index (κ3) is 6.01. The number of aryl methyl sites for hydroxylation is 1. The Morgan fingerprint density at radius 2 is 1.78 bits per heavy atom. The molecule has 0 fully saturated rings. The predicted octanol–water partition coefficient (Wildman–Crippen LogP) is 4.67. The van der Waals surface area contributed by atoms with E-state index < -0.39 is 0 Å². The Balaban J connectivity index is 1.45. The summed E-state index contributed by atoms with van der Waals surface area (Å²) in [7, 11) is 0. The van der Waals surface area contributed by atoms with Gasteiger partial charge in [0.2, 0.25) is 0 Å². The van der Waals surface area contributed by atoms with E-state index in [4.69, 9.17) is 16.3 Å². The number of nitrogens with one attached hydrogen (secondary N) is 2. The third-order valence-electron chi connectivity index (χ3n) is 3.83. The van der Waals surface area contributed by atoms with E-state index in [1.807, 2.05) is 6.07 Å². The Bertz CT molecular complexity index is 879. The minimum absolute atomic E-state index is 0.0882. The van der Waals surface area contributed by atoms with Gasteiger partial charge in [0.25, 0.3) is 5.91 Å². The molecule has 1 heterocycles. The summed E-state index contributed by atoms with van der Waals surface area (Å²) < 4.78 is 5.41. The highest BCUT2D eigenvalue weighted by Gasteiger charge is 2.05. The summed E-state index contributed by atoms with van der Waals surface area (Å²) in [6.07, 6.45) is 1.61. The lowest BCUT2D eigenvalue weighted by Crippen LogP contribution is -2.20. The van der Waals surface area contributed by atoms with E-state index in [2.05, 4.69) is 46.8 Å². The van der Waals surface area contributed by atoms with Crippen molar-refractivity contribution in [2.45, 2.75) is 13.5 Å². The van der Waals surface area contributed by atoms with Crippen LogP contribution in [0, 0.1) is 6.92 Å². The number of amides is 1. The second kappa shape index (κ2) is 9.05. The van der Waals surface area contributed by atoms with E-state index in [9.17, 15) is 4.79 Å². The number of carbonyl (C=O) groups excluding carboxylic acids is 1. The summed E-state index contributed by atoms with van der Waals surface area (Å²) in [4.78, 5) is 16.3. The Morgan fingerprint density at radius 1 is 1.04 bits per heavy atom. The molecule has 0 radical (unpaired) electrons. The van der Waals surface area contributed by atoms with Gasteiger partial charge in [-0.15, -0.1) is 0 Å². The largest absolute Gasteiger partial charge is 0.484 e. The highest BCUT2D eigenvalue weighted by atomic mass is 35.5. The summed E-state index contributed by atoms with van der Waals surface area (Å²) >= 11 is 5.81. The van der Waals surface area contributed by atoms with Crippen molar-refractivity contribution < 1.29 is 9.53 Å². The van der Waals surface area contributed by atoms with E-state index >= 15 is 0 Å². The Morgan fingerprint density at radius 3 is 2.44 bits per heavy atom. The number of anilines is 2. The quantitative estimate of drug-likeness (QED) is 0.624. The maximum Gasteiger partial charge on any atom is 0.262 e. The van der Waals surface area contributed by atoms with Gasteiger partial charge in [0, 0.05) is 11.6 Å². The van der Waals surface area contributed by atoms with E-state index in [1.54, 1.807) is 36.5 Å². The smallest absolute Gasteiger partial charge is 0.262 e. The summed E-state index contributed by atoms with van der Waals surface area (Å²) in [6.45, 7) is 2.66. The lowest BCUT2D eigenvalue weighted by Gasteiger charge is -2.09. The van der Waals surface area contributed by atoms with Crippen LogP contribution in [0.5, 0.6) is 5.75 Å². The van der Waals surface area contributed by atoms with Gasteiger partial charge in [0.05, 0.1) is 11.9 Å². The molecule has 6 heteroatoms. The van der Waals surface area contributed by atoms with E-state index in [-0.39, 0.29) is 12.5 Å². The van der Waals surface area contributed by atoms with Crippen molar-refractivity contribution in [3.05, 3.63) is 83.0 Å². The zero-order valence-electron chi connectivity index (χ0n) is 14.9. The van der Waals surface area contributed by atoms with E-state index in [0.717, 1.165) is 5.82 Å². The fraction of sp³-hybridized carbons (Fsp3) is 0.143.